The van der Waals surface area contributed by atoms with Crippen LogP contribution in [0.1, 0.15) is 18.5 Å². The summed E-state index contributed by atoms with van der Waals surface area (Å²) in [7, 11) is 1.63. The van der Waals surface area contributed by atoms with Crippen molar-refractivity contribution in [3.05, 3.63) is 42.1 Å². The number of hydrogen-bond acceptors (Lipinski definition) is 5. The van der Waals surface area contributed by atoms with Gasteiger partial charge in [0.05, 0.1) is 12.8 Å². The predicted molar refractivity (Wildman–Crippen MR) is 75.0 cm³/mol. The van der Waals surface area contributed by atoms with Crippen molar-refractivity contribution in [2.24, 2.45) is 0 Å². The van der Waals surface area contributed by atoms with Crippen molar-refractivity contribution in [2.75, 3.05) is 7.11 Å². The SMILES string of the molecule is COc1cccc(Oc2ccc(CNC3CC3)nn2)c1. The number of nitrogens with zero attached hydrogens (tertiary/aromatic N) is 2. The van der Waals surface area contributed by atoms with Crippen molar-refractivity contribution in [3.8, 4) is 17.4 Å². The van der Waals surface area contributed by atoms with Crippen molar-refractivity contribution >= 4 is 0 Å². The largest absolute Gasteiger partial charge is 0.497 e. The second-order valence-corrected chi connectivity index (χ2v) is 4.80. The van der Waals surface area contributed by atoms with Gasteiger partial charge < -0.3 is 14.8 Å². The molecular weight excluding hydrogens is 254 g/mol. The van der Waals surface area contributed by atoms with E-state index in [4.69, 9.17) is 9.47 Å². The minimum atomic E-state index is 0.480. The van der Waals surface area contributed by atoms with Crippen LogP contribution in [0.5, 0.6) is 17.4 Å². The quantitative estimate of drug-likeness (QED) is 0.875. The van der Waals surface area contributed by atoms with Gasteiger partial charge in [-0.15, -0.1) is 5.10 Å². The van der Waals surface area contributed by atoms with E-state index >= 15 is 0 Å². The van der Waals surface area contributed by atoms with Crippen molar-refractivity contribution in [3.63, 3.8) is 0 Å². The maximum absolute atomic E-state index is 5.64. The van der Waals surface area contributed by atoms with Gasteiger partial charge in [-0.2, -0.15) is 5.10 Å². The maximum Gasteiger partial charge on any atom is 0.238 e. The molecule has 0 unspecified atom stereocenters. The van der Waals surface area contributed by atoms with E-state index in [0.717, 1.165) is 18.0 Å². The molecule has 0 spiro atoms. The second kappa shape index (κ2) is 5.88. The van der Waals surface area contributed by atoms with Gasteiger partial charge in [-0.25, -0.2) is 0 Å². The zero-order valence-corrected chi connectivity index (χ0v) is 11.4. The highest BCUT2D eigenvalue weighted by Crippen LogP contribution is 2.23. The van der Waals surface area contributed by atoms with Crippen molar-refractivity contribution < 1.29 is 9.47 Å². The summed E-state index contributed by atoms with van der Waals surface area (Å²) in [5.74, 6) is 1.91. The summed E-state index contributed by atoms with van der Waals surface area (Å²) >= 11 is 0. The molecule has 5 heteroatoms. The normalized spacial score (nSPS) is 14.1. The minimum absolute atomic E-state index is 0.480. The Morgan fingerprint density at radius 2 is 2.00 bits per heavy atom. The number of nitrogens with one attached hydrogen (secondary N) is 1. The van der Waals surface area contributed by atoms with Crippen molar-refractivity contribution in [2.45, 2.75) is 25.4 Å². The molecule has 5 nitrogen and oxygen atoms in total. The molecule has 1 aliphatic rings. The summed E-state index contributed by atoms with van der Waals surface area (Å²) in [6.45, 7) is 0.761. The number of rotatable bonds is 6. The molecule has 0 bridgehead atoms. The summed E-state index contributed by atoms with van der Waals surface area (Å²) in [6.07, 6.45) is 2.54. The third-order valence-electron chi connectivity index (χ3n) is 3.11. The zero-order valence-electron chi connectivity index (χ0n) is 11.4. The van der Waals surface area contributed by atoms with Crippen LogP contribution in [0.25, 0.3) is 0 Å². The molecule has 3 rings (SSSR count). The topological polar surface area (TPSA) is 56.3 Å². The molecule has 0 aliphatic heterocycles. The summed E-state index contributed by atoms with van der Waals surface area (Å²) in [6, 6.07) is 11.8. The number of benzene rings is 1. The summed E-state index contributed by atoms with van der Waals surface area (Å²) < 4.78 is 10.8. The molecule has 2 aromatic rings. The van der Waals surface area contributed by atoms with Gasteiger partial charge in [0.25, 0.3) is 0 Å². The average molecular weight is 271 g/mol. The second-order valence-electron chi connectivity index (χ2n) is 4.80. The molecule has 1 aromatic heterocycles. The van der Waals surface area contributed by atoms with Gasteiger partial charge in [0.15, 0.2) is 0 Å². The molecule has 20 heavy (non-hydrogen) atoms. The Morgan fingerprint density at radius 1 is 1.15 bits per heavy atom. The molecular formula is C15H17N3O2. The Labute approximate surface area is 117 Å². The van der Waals surface area contributed by atoms with Gasteiger partial charge in [-0.3, -0.25) is 0 Å². The monoisotopic (exact) mass is 271 g/mol. The van der Waals surface area contributed by atoms with E-state index in [1.807, 2.05) is 36.4 Å². The summed E-state index contributed by atoms with van der Waals surface area (Å²) in [4.78, 5) is 0. The van der Waals surface area contributed by atoms with E-state index in [2.05, 4.69) is 15.5 Å². The van der Waals surface area contributed by atoms with E-state index in [-0.39, 0.29) is 0 Å². The average Bonchev–Trinajstić information content (AvgIpc) is 3.31. The third-order valence-corrected chi connectivity index (χ3v) is 3.11. The predicted octanol–water partition coefficient (Wildman–Crippen LogP) is 2.53. The molecule has 1 N–H and O–H groups in total. The van der Waals surface area contributed by atoms with Crippen molar-refractivity contribution in [1.82, 2.24) is 15.5 Å². The molecule has 1 fully saturated rings. The van der Waals surface area contributed by atoms with E-state index in [9.17, 15) is 0 Å². The fraction of sp³-hybridized carbons (Fsp3) is 0.333. The highest BCUT2D eigenvalue weighted by molar-refractivity contribution is 5.35. The van der Waals surface area contributed by atoms with E-state index in [1.165, 1.54) is 12.8 Å². The zero-order chi connectivity index (χ0) is 13.8. The first-order valence-electron chi connectivity index (χ1n) is 6.71. The Bertz CT molecular complexity index is 568. The fourth-order valence-corrected chi connectivity index (χ4v) is 1.82. The molecule has 1 saturated carbocycles. The Balaban J connectivity index is 1.61. The van der Waals surface area contributed by atoms with Crippen LogP contribution in [-0.4, -0.2) is 23.3 Å². The van der Waals surface area contributed by atoms with Gasteiger partial charge >= 0.3 is 0 Å². The van der Waals surface area contributed by atoms with E-state index < -0.39 is 0 Å². The summed E-state index contributed by atoms with van der Waals surface area (Å²) in [5.41, 5.74) is 0.926. The van der Waals surface area contributed by atoms with Crippen molar-refractivity contribution in [1.29, 1.82) is 0 Å². The lowest BCUT2D eigenvalue weighted by molar-refractivity contribution is 0.406. The lowest BCUT2D eigenvalue weighted by Gasteiger charge is -2.06. The molecule has 0 amide bonds. The van der Waals surface area contributed by atoms with Gasteiger partial charge in [0, 0.05) is 24.7 Å². The molecule has 104 valence electrons. The molecule has 1 aliphatic carbocycles. The standard InChI is InChI=1S/C15H17N3O2/c1-19-13-3-2-4-14(9-13)20-15-8-7-12(17-18-15)10-16-11-5-6-11/h2-4,7-9,11,16H,5-6,10H2,1H3. The molecule has 0 atom stereocenters. The maximum atomic E-state index is 5.64. The third kappa shape index (κ3) is 3.45. The molecule has 0 radical (unpaired) electrons. The number of ether oxygens (including phenoxy) is 2. The highest BCUT2D eigenvalue weighted by Gasteiger charge is 2.20. The highest BCUT2D eigenvalue weighted by atomic mass is 16.5. The Hall–Kier alpha value is -2.14. The fourth-order valence-electron chi connectivity index (χ4n) is 1.82. The van der Waals surface area contributed by atoms with E-state index in [0.29, 0.717) is 17.7 Å². The lowest BCUT2D eigenvalue weighted by atomic mass is 10.3. The van der Waals surface area contributed by atoms with Gasteiger partial charge in [0.1, 0.15) is 11.5 Å². The smallest absolute Gasteiger partial charge is 0.238 e. The van der Waals surface area contributed by atoms with Gasteiger partial charge in [-0.05, 0) is 31.0 Å². The van der Waals surface area contributed by atoms with Crippen LogP contribution in [0.3, 0.4) is 0 Å². The number of aromatic nitrogens is 2. The summed E-state index contributed by atoms with van der Waals surface area (Å²) in [5, 5.41) is 11.6. The van der Waals surface area contributed by atoms with Crippen LogP contribution in [0.2, 0.25) is 0 Å². The molecule has 1 heterocycles. The number of hydrogen-bond donors (Lipinski definition) is 1. The first-order chi connectivity index (χ1) is 9.83. The molecule has 1 aromatic carbocycles. The Kier molecular flexibility index (Phi) is 3.78. The number of methoxy groups -OCH3 is 1. The van der Waals surface area contributed by atoms with Gasteiger partial charge in [-0.1, -0.05) is 6.07 Å². The van der Waals surface area contributed by atoms with Crippen LogP contribution in [0.4, 0.5) is 0 Å². The minimum Gasteiger partial charge on any atom is -0.497 e. The van der Waals surface area contributed by atoms with Gasteiger partial charge in [0.2, 0.25) is 5.88 Å². The van der Waals surface area contributed by atoms with Crippen LogP contribution in [-0.2, 0) is 6.54 Å². The van der Waals surface area contributed by atoms with Crippen LogP contribution in [0, 0.1) is 0 Å². The van der Waals surface area contributed by atoms with Crippen LogP contribution < -0.4 is 14.8 Å². The molecule has 0 saturated heterocycles. The van der Waals surface area contributed by atoms with Crippen LogP contribution in [0.15, 0.2) is 36.4 Å². The first-order valence-corrected chi connectivity index (χ1v) is 6.71. The lowest BCUT2D eigenvalue weighted by Crippen LogP contribution is -2.16. The van der Waals surface area contributed by atoms with Crippen LogP contribution >= 0.6 is 0 Å². The van der Waals surface area contributed by atoms with E-state index in [1.54, 1.807) is 7.11 Å². The first kappa shape index (κ1) is 12.9. The Morgan fingerprint density at radius 3 is 2.70 bits per heavy atom.